The number of benzene rings is 1. The highest BCUT2D eigenvalue weighted by Gasteiger charge is 2.65. The van der Waals surface area contributed by atoms with Crippen LogP contribution >= 0.6 is 10.2 Å². The second kappa shape index (κ2) is 5.81. The van der Waals surface area contributed by atoms with E-state index in [9.17, 15) is 29.0 Å². The summed E-state index contributed by atoms with van der Waals surface area (Å²) in [6, 6.07) is 1.30. The predicted octanol–water partition coefficient (Wildman–Crippen LogP) is 3.74. The van der Waals surface area contributed by atoms with E-state index >= 15 is 0 Å². The van der Waals surface area contributed by atoms with Gasteiger partial charge in [0.15, 0.2) is 0 Å². The quantitative estimate of drug-likeness (QED) is 0.645. The van der Waals surface area contributed by atoms with Crippen LogP contribution in [0.2, 0.25) is 0 Å². The molecule has 1 aliphatic carbocycles. The zero-order chi connectivity index (χ0) is 20.1. The van der Waals surface area contributed by atoms with Crippen molar-refractivity contribution in [1.29, 1.82) is 0 Å². The van der Waals surface area contributed by atoms with Crippen LogP contribution in [-0.2, 0) is 9.59 Å². The normalized spacial score (nSPS) is 27.1. The summed E-state index contributed by atoms with van der Waals surface area (Å²) in [5.74, 6) is -0.718. The minimum atomic E-state index is -9.73. The summed E-state index contributed by atoms with van der Waals surface area (Å²) in [5.41, 5.74) is 0.324. The fourth-order valence-electron chi connectivity index (χ4n) is 3.15. The van der Waals surface area contributed by atoms with Gasteiger partial charge in [-0.25, -0.2) is 0 Å². The lowest BCUT2D eigenvalue weighted by atomic mass is 10.0. The van der Waals surface area contributed by atoms with Crippen molar-refractivity contribution < 1.29 is 29.0 Å². The molecule has 3 atom stereocenters. The molecule has 1 saturated heterocycles. The van der Waals surface area contributed by atoms with Gasteiger partial charge >= 0.3 is 10.2 Å². The maximum absolute atomic E-state index is 12.9. The third-order valence-electron chi connectivity index (χ3n) is 4.61. The van der Waals surface area contributed by atoms with Gasteiger partial charge in [0.2, 0.25) is 11.8 Å². The molecule has 2 unspecified atom stereocenters. The Morgan fingerprint density at radius 2 is 1.74 bits per heavy atom. The zero-order valence-electron chi connectivity index (χ0n) is 14.4. The molecule has 3 N–H and O–H groups in total. The maximum Gasteiger partial charge on any atom is 0.310 e. The molecule has 152 valence electrons. The van der Waals surface area contributed by atoms with Crippen LogP contribution in [0.3, 0.4) is 0 Å². The monoisotopic (exact) mass is 413 g/mol. The number of hydrogen-bond acceptors (Lipinski definition) is 3. The summed E-state index contributed by atoms with van der Waals surface area (Å²) in [4.78, 5) is 22.1. The zero-order valence-corrected chi connectivity index (χ0v) is 15.2. The fraction of sp³-hybridized carbons (Fsp3) is 0.500. The Hall–Kier alpha value is -1.88. The Balaban J connectivity index is 1.77. The molecule has 1 aromatic carbocycles. The fourth-order valence-corrected chi connectivity index (χ4v) is 3.80. The van der Waals surface area contributed by atoms with E-state index in [4.69, 9.17) is 0 Å². The van der Waals surface area contributed by atoms with E-state index in [1.165, 1.54) is 0 Å². The molecule has 0 radical (unpaired) electrons. The van der Waals surface area contributed by atoms with E-state index in [1.807, 2.05) is 0 Å². The van der Waals surface area contributed by atoms with Gasteiger partial charge in [-0.15, -0.1) is 0 Å². The first kappa shape index (κ1) is 19.9. The minimum Gasteiger partial charge on any atom is -0.348 e. The number of carbonyl (C=O) groups excluding carboxylic acids is 2. The molecule has 5 nitrogen and oxygen atoms in total. The van der Waals surface area contributed by atoms with Crippen molar-refractivity contribution in [2.45, 2.75) is 49.3 Å². The van der Waals surface area contributed by atoms with Crippen molar-refractivity contribution in [2.24, 2.45) is 5.92 Å². The first-order valence-corrected chi connectivity index (χ1v) is 10.4. The van der Waals surface area contributed by atoms with Crippen LogP contribution in [0, 0.1) is 5.92 Å². The highest BCUT2D eigenvalue weighted by atomic mass is 32.5. The molecule has 0 aromatic heterocycles. The van der Waals surface area contributed by atoms with Crippen LogP contribution < -0.4 is 16.0 Å². The van der Waals surface area contributed by atoms with Gasteiger partial charge in [0, 0.05) is 0 Å². The Kier molecular flexibility index (Phi) is 4.27. The van der Waals surface area contributed by atoms with E-state index in [2.05, 4.69) is 16.0 Å². The molecule has 2 aliphatic rings. The van der Waals surface area contributed by atoms with Crippen LogP contribution in [0.25, 0.3) is 0 Å². The first-order valence-electron chi connectivity index (χ1n) is 8.43. The van der Waals surface area contributed by atoms with Crippen LogP contribution in [0.4, 0.5) is 19.4 Å². The summed E-state index contributed by atoms with van der Waals surface area (Å²) in [7, 11) is -9.73. The van der Waals surface area contributed by atoms with E-state index in [0.29, 0.717) is 17.7 Å². The molecule has 11 heteroatoms. The molecular weight excluding hydrogens is 393 g/mol. The Morgan fingerprint density at radius 3 is 2.22 bits per heavy atom. The van der Waals surface area contributed by atoms with E-state index < -0.39 is 39.3 Å². The second-order valence-electron chi connectivity index (χ2n) is 7.07. The molecule has 1 aromatic rings. The average Bonchev–Trinajstić information content (AvgIpc) is 3.34. The van der Waals surface area contributed by atoms with E-state index in [-0.39, 0.29) is 18.2 Å². The van der Waals surface area contributed by atoms with Crippen molar-refractivity contribution in [3.63, 3.8) is 0 Å². The van der Waals surface area contributed by atoms with Crippen LogP contribution in [0.15, 0.2) is 29.2 Å². The van der Waals surface area contributed by atoms with Gasteiger partial charge in [0.1, 0.15) is 4.90 Å². The van der Waals surface area contributed by atoms with Gasteiger partial charge in [-0.2, -0.15) is 0 Å². The predicted molar refractivity (Wildman–Crippen MR) is 90.6 cm³/mol. The van der Waals surface area contributed by atoms with Crippen molar-refractivity contribution in [3.05, 3.63) is 29.8 Å². The summed E-state index contributed by atoms with van der Waals surface area (Å²) < 4.78 is 64.3. The number of halogens is 5. The third-order valence-corrected chi connectivity index (χ3v) is 5.77. The molecule has 2 fully saturated rings. The Morgan fingerprint density at radius 1 is 1.15 bits per heavy atom. The van der Waals surface area contributed by atoms with Gasteiger partial charge in [-0.3, -0.25) is 14.9 Å². The number of rotatable bonds is 5. The first-order chi connectivity index (χ1) is 12.2. The largest absolute Gasteiger partial charge is 0.348 e. The van der Waals surface area contributed by atoms with Crippen molar-refractivity contribution in [1.82, 2.24) is 16.0 Å². The van der Waals surface area contributed by atoms with E-state index in [1.54, 1.807) is 6.92 Å². The lowest BCUT2D eigenvalue weighted by Gasteiger charge is -2.40. The number of carbonyl (C=O) groups is 2. The van der Waals surface area contributed by atoms with Gasteiger partial charge < -0.3 is 10.6 Å². The van der Waals surface area contributed by atoms with Crippen molar-refractivity contribution in [2.75, 3.05) is 0 Å². The smallest absolute Gasteiger partial charge is 0.310 e. The van der Waals surface area contributed by atoms with Gasteiger partial charge in [0.05, 0.1) is 24.7 Å². The average molecular weight is 413 g/mol. The standard InChI is InChI=1S/C16H20F5N3O2S/c1-9-22-13(8-14(25)23-9)16(26)24-15(10-2-3-10)11-4-6-12(7-5-11)27(17,18,19,20)21/h4-7,9-10,13,15,22H,2-3,8H2,1H3,(H,23,25)(H,24,26)/t9?,13?,15-/m1/s1. The Labute approximate surface area is 152 Å². The molecule has 0 spiro atoms. The molecule has 1 aliphatic heterocycles. The number of nitrogens with one attached hydrogen (secondary N) is 3. The molecule has 1 saturated carbocycles. The second-order valence-corrected chi connectivity index (χ2v) is 9.48. The molecule has 0 bridgehead atoms. The molecule has 27 heavy (non-hydrogen) atoms. The third kappa shape index (κ3) is 4.89. The summed E-state index contributed by atoms with van der Waals surface area (Å²) >= 11 is 0. The SMILES string of the molecule is CC1NC(=O)CC(C(=O)N[C@@H](c2ccc(S(F)(F)(F)(F)F)cc2)C2CC2)N1. The highest BCUT2D eigenvalue weighted by molar-refractivity contribution is 8.45. The highest BCUT2D eigenvalue weighted by Crippen LogP contribution is 3.02. The van der Waals surface area contributed by atoms with E-state index in [0.717, 1.165) is 25.0 Å². The van der Waals surface area contributed by atoms with Crippen LogP contribution in [0.1, 0.15) is 37.8 Å². The van der Waals surface area contributed by atoms with Crippen LogP contribution in [-0.4, -0.2) is 24.0 Å². The lowest BCUT2D eigenvalue weighted by molar-refractivity contribution is -0.132. The summed E-state index contributed by atoms with van der Waals surface area (Å²) in [5, 5.41) is 8.26. The molecular formula is C16H20F5N3O2S. The molecule has 3 rings (SSSR count). The molecule has 1 heterocycles. The minimum absolute atomic E-state index is 0.0228. The summed E-state index contributed by atoms with van der Waals surface area (Å²) in [6.07, 6.45) is 1.08. The van der Waals surface area contributed by atoms with Gasteiger partial charge in [-0.05, 0) is 43.4 Å². The number of amides is 2. The topological polar surface area (TPSA) is 70.2 Å². The summed E-state index contributed by atoms with van der Waals surface area (Å²) in [6.45, 7) is 1.68. The maximum atomic E-state index is 12.9. The lowest BCUT2D eigenvalue weighted by Crippen LogP contribution is -2.59. The van der Waals surface area contributed by atoms with Gasteiger partial charge in [-0.1, -0.05) is 31.6 Å². The Bertz CT molecular complexity index is 765. The number of hydrogen-bond donors (Lipinski definition) is 3. The van der Waals surface area contributed by atoms with Crippen molar-refractivity contribution in [3.8, 4) is 0 Å². The van der Waals surface area contributed by atoms with Crippen LogP contribution in [0.5, 0.6) is 0 Å². The van der Waals surface area contributed by atoms with Crippen molar-refractivity contribution >= 4 is 22.0 Å². The molecule has 2 amide bonds. The van der Waals surface area contributed by atoms with Gasteiger partial charge in [0.25, 0.3) is 0 Å².